The Balaban J connectivity index is 2.29. The summed E-state index contributed by atoms with van der Waals surface area (Å²) in [5, 5.41) is 10.2. The molecule has 0 bridgehead atoms. The van der Waals surface area contributed by atoms with Gasteiger partial charge in [-0.25, -0.2) is 4.99 Å². The molecule has 0 aliphatic carbocycles. The lowest BCUT2D eigenvalue weighted by atomic mass is 10.1. The molecule has 1 N–H and O–H groups in total. The van der Waals surface area contributed by atoms with Crippen LogP contribution in [-0.2, 0) is 6.42 Å². The summed E-state index contributed by atoms with van der Waals surface area (Å²) < 4.78 is -0.212. The van der Waals surface area contributed by atoms with Gasteiger partial charge in [0.2, 0.25) is 6.34 Å². The van der Waals surface area contributed by atoms with Gasteiger partial charge in [-0.3, -0.25) is 0 Å². The van der Waals surface area contributed by atoms with E-state index in [1.807, 2.05) is 24.3 Å². The molecule has 0 saturated carbocycles. The Hall–Kier alpha value is -1.45. The molecule has 13 heavy (non-hydrogen) atoms. The zero-order valence-corrected chi connectivity index (χ0v) is 7.01. The van der Waals surface area contributed by atoms with Crippen molar-refractivity contribution in [1.82, 2.24) is 4.65 Å². The van der Waals surface area contributed by atoms with Crippen LogP contribution in [0.25, 0.3) is 0 Å². The maximum absolute atomic E-state index is 10.2. The predicted octanol–water partition coefficient (Wildman–Crippen LogP) is 1.82. The zero-order chi connectivity index (χ0) is 8.89. The third kappa shape index (κ3) is 0.728. The third-order valence-electron chi connectivity index (χ3n) is 2.63. The number of allylic oxidation sites excluding steroid dienone is 1. The number of hydrogen-bond acceptors (Lipinski definition) is 2. The van der Waals surface area contributed by atoms with Gasteiger partial charge in [-0.1, -0.05) is 22.8 Å². The van der Waals surface area contributed by atoms with E-state index >= 15 is 0 Å². The average molecular weight is 173 g/mol. The van der Waals surface area contributed by atoms with Crippen LogP contribution in [0.5, 0.6) is 0 Å². The van der Waals surface area contributed by atoms with Crippen LogP contribution in [0.3, 0.4) is 0 Å². The summed E-state index contributed by atoms with van der Waals surface area (Å²) in [5.74, 6) is 0. The molecule has 1 atom stereocenters. The normalized spacial score (nSPS) is 28.5. The van der Waals surface area contributed by atoms with E-state index in [1.54, 1.807) is 12.5 Å². The van der Waals surface area contributed by atoms with Crippen LogP contribution < -0.4 is 4.65 Å². The molecule has 0 amide bonds. The highest BCUT2D eigenvalue weighted by Crippen LogP contribution is 2.40. The Labute approximate surface area is 75.8 Å². The van der Waals surface area contributed by atoms with E-state index in [0.29, 0.717) is 0 Å². The van der Waals surface area contributed by atoms with Crippen LogP contribution in [0.4, 0.5) is 5.69 Å². The molecule has 0 radical (unpaired) electrons. The van der Waals surface area contributed by atoms with Gasteiger partial charge in [-0.2, -0.15) is 5.21 Å². The van der Waals surface area contributed by atoms with Crippen LogP contribution >= 0.6 is 0 Å². The first-order valence-electron chi connectivity index (χ1n) is 4.24. The van der Waals surface area contributed by atoms with Crippen molar-refractivity contribution in [1.29, 1.82) is 0 Å². The Bertz CT molecular complexity index is 436. The molecule has 3 nitrogen and oxygen atoms in total. The summed E-state index contributed by atoms with van der Waals surface area (Å²) >= 11 is 0. The largest absolute Gasteiger partial charge is 0.233 e. The average Bonchev–Trinajstić information content (AvgIpc) is 2.60. The second-order valence-electron chi connectivity index (χ2n) is 3.38. The molecule has 1 aromatic rings. The number of para-hydroxylation sites is 1. The highest BCUT2D eigenvalue weighted by atomic mass is 16.5. The molecular weight excluding hydrogens is 164 g/mol. The molecule has 2 aliphatic heterocycles. The number of nitrogens with zero attached hydrogens (tertiary/aromatic N) is 2. The Kier molecular flexibility index (Phi) is 1.12. The number of rotatable bonds is 0. The second kappa shape index (κ2) is 2.07. The van der Waals surface area contributed by atoms with Crippen molar-refractivity contribution in [2.75, 3.05) is 0 Å². The van der Waals surface area contributed by atoms with Gasteiger partial charge in [0.1, 0.15) is 0 Å². The molecule has 0 aromatic heterocycles. The minimum atomic E-state index is -0.212. The fourth-order valence-electron chi connectivity index (χ4n) is 1.95. The molecular formula is C10H9N2O+. The fraction of sp³-hybridized carbons (Fsp3) is 0.100. The number of quaternary nitrogens is 1. The summed E-state index contributed by atoms with van der Waals surface area (Å²) in [5.41, 5.74) is 3.04. The molecule has 64 valence electrons. The number of hydrogen-bond donors (Lipinski definition) is 1. The molecule has 3 heteroatoms. The van der Waals surface area contributed by atoms with Gasteiger partial charge in [0.15, 0.2) is 11.4 Å². The summed E-state index contributed by atoms with van der Waals surface area (Å²) in [7, 11) is 0. The van der Waals surface area contributed by atoms with E-state index in [2.05, 4.69) is 4.99 Å². The monoisotopic (exact) mass is 173 g/mol. The Morgan fingerprint density at radius 3 is 3.08 bits per heavy atom. The fourth-order valence-corrected chi connectivity index (χ4v) is 1.95. The Morgan fingerprint density at radius 1 is 1.31 bits per heavy atom. The van der Waals surface area contributed by atoms with E-state index in [-0.39, 0.29) is 4.65 Å². The summed E-state index contributed by atoms with van der Waals surface area (Å²) in [6.07, 6.45) is 4.09. The zero-order valence-electron chi connectivity index (χ0n) is 7.01. The highest BCUT2D eigenvalue weighted by molar-refractivity contribution is 5.82. The van der Waals surface area contributed by atoms with E-state index in [0.717, 1.165) is 17.8 Å². The van der Waals surface area contributed by atoms with Crippen LogP contribution in [0.2, 0.25) is 0 Å². The van der Waals surface area contributed by atoms with Gasteiger partial charge >= 0.3 is 0 Å². The van der Waals surface area contributed by atoms with E-state index in [9.17, 15) is 5.21 Å². The predicted molar refractivity (Wildman–Crippen MR) is 50.3 cm³/mol. The lowest BCUT2D eigenvalue weighted by Crippen LogP contribution is -2.38. The highest BCUT2D eigenvalue weighted by Gasteiger charge is 2.44. The van der Waals surface area contributed by atoms with Crippen molar-refractivity contribution in [2.45, 2.75) is 6.42 Å². The maximum Gasteiger partial charge on any atom is 0.233 e. The first-order valence-corrected chi connectivity index (χ1v) is 4.24. The van der Waals surface area contributed by atoms with Crippen LogP contribution in [0.1, 0.15) is 5.56 Å². The number of fused-ring (bicyclic) bond motifs is 3. The molecule has 3 rings (SSSR count). The lowest BCUT2D eigenvalue weighted by Gasteiger charge is -2.16. The van der Waals surface area contributed by atoms with Gasteiger partial charge in [-0.05, 0) is 0 Å². The quantitative estimate of drug-likeness (QED) is 0.596. The van der Waals surface area contributed by atoms with Crippen molar-refractivity contribution in [3.8, 4) is 0 Å². The van der Waals surface area contributed by atoms with E-state index in [4.69, 9.17) is 0 Å². The molecule has 0 spiro atoms. The molecule has 2 aliphatic rings. The molecule has 0 fully saturated rings. The van der Waals surface area contributed by atoms with Crippen LogP contribution in [0.15, 0.2) is 41.2 Å². The number of aliphatic imine (C=N–C) groups is 1. The number of hydroxylamine groups is 2. The Morgan fingerprint density at radius 2 is 2.15 bits per heavy atom. The topological polar surface area (TPSA) is 32.6 Å². The second-order valence-corrected chi connectivity index (χ2v) is 3.38. The molecule has 2 heterocycles. The van der Waals surface area contributed by atoms with Crippen LogP contribution in [-0.4, -0.2) is 11.5 Å². The summed E-state index contributed by atoms with van der Waals surface area (Å²) in [6, 6.07) is 7.90. The van der Waals surface area contributed by atoms with Gasteiger partial charge in [0, 0.05) is 11.6 Å². The van der Waals surface area contributed by atoms with Crippen LogP contribution in [0, 0.1) is 0 Å². The van der Waals surface area contributed by atoms with Gasteiger partial charge < -0.3 is 0 Å². The van der Waals surface area contributed by atoms with Gasteiger partial charge in [0.25, 0.3) is 0 Å². The summed E-state index contributed by atoms with van der Waals surface area (Å²) in [4.78, 5) is 3.97. The van der Waals surface area contributed by atoms with Gasteiger partial charge in [-0.15, -0.1) is 0 Å². The standard InChI is InChI=1S/C10H9N2O/c13-12-7-11-6-9(12)5-8-3-1-2-4-10(8)12/h1-4,6-7,13H,5H2/q+1. The SMILES string of the molecule is O[N+]12C=NC=C1Cc1ccccc12. The minimum Gasteiger partial charge on any atom is -0.202 e. The first-order chi connectivity index (χ1) is 6.31. The van der Waals surface area contributed by atoms with Gasteiger partial charge in [0.05, 0.1) is 12.6 Å². The molecule has 0 saturated heterocycles. The lowest BCUT2D eigenvalue weighted by molar-refractivity contribution is 0.0432. The summed E-state index contributed by atoms with van der Waals surface area (Å²) in [6.45, 7) is 0. The van der Waals surface area contributed by atoms with Crippen molar-refractivity contribution >= 4 is 12.0 Å². The van der Waals surface area contributed by atoms with E-state index in [1.165, 1.54) is 5.56 Å². The van der Waals surface area contributed by atoms with Crippen molar-refractivity contribution < 1.29 is 5.21 Å². The minimum absolute atomic E-state index is 0.212. The maximum atomic E-state index is 10.2. The molecule has 1 unspecified atom stereocenters. The number of benzene rings is 1. The smallest absolute Gasteiger partial charge is 0.202 e. The molecule has 1 aromatic carbocycles. The van der Waals surface area contributed by atoms with E-state index < -0.39 is 0 Å². The van der Waals surface area contributed by atoms with Crippen molar-refractivity contribution in [3.05, 3.63) is 41.7 Å². The first kappa shape index (κ1) is 7.00. The van der Waals surface area contributed by atoms with Crippen molar-refractivity contribution in [3.63, 3.8) is 0 Å². The van der Waals surface area contributed by atoms with Crippen molar-refractivity contribution in [2.24, 2.45) is 4.99 Å². The third-order valence-corrected chi connectivity index (χ3v) is 2.63.